The number of aryl methyl sites for hydroxylation is 2. The van der Waals surface area contributed by atoms with Crippen LogP contribution < -0.4 is 4.74 Å². The van der Waals surface area contributed by atoms with E-state index in [9.17, 15) is 13.2 Å². The topological polar surface area (TPSA) is 66.9 Å². The van der Waals surface area contributed by atoms with E-state index in [4.69, 9.17) is 4.74 Å². The Bertz CT molecular complexity index is 700. The number of carbonyl (C=O) groups excluding carboxylic acids is 1. The van der Waals surface area contributed by atoms with Crippen LogP contribution in [-0.4, -0.2) is 63.1 Å². The Kier molecular flexibility index (Phi) is 5.31. The first-order valence-electron chi connectivity index (χ1n) is 7.63. The second-order valence-electron chi connectivity index (χ2n) is 5.97. The summed E-state index contributed by atoms with van der Waals surface area (Å²) < 4.78 is 30.2. The van der Waals surface area contributed by atoms with Crippen LogP contribution in [0.1, 0.15) is 27.9 Å². The molecule has 1 aromatic carbocycles. The predicted molar refractivity (Wildman–Crippen MR) is 89.4 cm³/mol. The number of nitrogens with zero attached hydrogens (tertiary/aromatic N) is 2. The van der Waals surface area contributed by atoms with E-state index in [-0.39, 0.29) is 5.91 Å². The summed E-state index contributed by atoms with van der Waals surface area (Å²) >= 11 is 0. The van der Waals surface area contributed by atoms with Crippen molar-refractivity contribution >= 4 is 15.9 Å². The normalized spacial score (nSPS) is 17.0. The van der Waals surface area contributed by atoms with Gasteiger partial charge >= 0.3 is 0 Å². The van der Waals surface area contributed by atoms with Gasteiger partial charge in [-0.05, 0) is 37.5 Å². The summed E-state index contributed by atoms with van der Waals surface area (Å²) in [5.74, 6) is 0.464. The van der Waals surface area contributed by atoms with Crippen LogP contribution in [0.25, 0.3) is 0 Å². The first kappa shape index (κ1) is 17.7. The summed E-state index contributed by atoms with van der Waals surface area (Å²) in [6.07, 6.45) is 1.84. The highest BCUT2D eigenvalue weighted by Gasteiger charge is 2.26. The molecule has 1 aromatic rings. The second kappa shape index (κ2) is 6.88. The summed E-state index contributed by atoms with van der Waals surface area (Å²) in [4.78, 5) is 14.6. The van der Waals surface area contributed by atoms with Gasteiger partial charge in [0.05, 0.1) is 18.9 Å². The zero-order valence-electron chi connectivity index (χ0n) is 14.1. The summed E-state index contributed by atoms with van der Waals surface area (Å²) in [5, 5.41) is 0. The predicted octanol–water partition coefficient (Wildman–Crippen LogP) is 1.42. The molecule has 0 N–H and O–H groups in total. The molecule has 1 fully saturated rings. The van der Waals surface area contributed by atoms with Gasteiger partial charge in [-0.3, -0.25) is 4.79 Å². The average molecular weight is 340 g/mol. The minimum absolute atomic E-state index is 0.102. The van der Waals surface area contributed by atoms with Crippen molar-refractivity contribution in [1.29, 1.82) is 0 Å². The van der Waals surface area contributed by atoms with Crippen LogP contribution in [0.15, 0.2) is 12.1 Å². The third kappa shape index (κ3) is 4.03. The number of hydrogen-bond donors (Lipinski definition) is 0. The maximum atomic E-state index is 12.9. The first-order chi connectivity index (χ1) is 10.7. The van der Waals surface area contributed by atoms with E-state index >= 15 is 0 Å². The molecule has 7 heteroatoms. The number of benzene rings is 1. The van der Waals surface area contributed by atoms with Crippen molar-refractivity contribution < 1.29 is 17.9 Å². The lowest BCUT2D eigenvalue weighted by Crippen LogP contribution is -2.37. The molecule has 2 rings (SSSR count). The number of hydrogen-bond acceptors (Lipinski definition) is 4. The van der Waals surface area contributed by atoms with Gasteiger partial charge in [0.15, 0.2) is 0 Å². The number of carbonyl (C=O) groups is 1. The molecule has 0 aliphatic carbocycles. The third-order valence-corrected chi connectivity index (χ3v) is 5.39. The van der Waals surface area contributed by atoms with Gasteiger partial charge in [0.2, 0.25) is 10.0 Å². The molecule has 0 unspecified atom stereocenters. The summed E-state index contributed by atoms with van der Waals surface area (Å²) in [7, 11) is -1.66. The molecule has 0 bridgehead atoms. The molecule has 1 amide bonds. The molecule has 6 nitrogen and oxygen atoms in total. The highest BCUT2D eigenvalue weighted by Crippen LogP contribution is 2.26. The molecule has 0 aromatic heterocycles. The molecule has 0 saturated carbocycles. The van der Waals surface area contributed by atoms with E-state index < -0.39 is 10.0 Å². The monoisotopic (exact) mass is 340 g/mol. The van der Waals surface area contributed by atoms with Gasteiger partial charge in [0.1, 0.15) is 5.75 Å². The minimum Gasteiger partial charge on any atom is -0.496 e. The van der Waals surface area contributed by atoms with Gasteiger partial charge in [0, 0.05) is 26.2 Å². The average Bonchev–Trinajstić information content (AvgIpc) is 2.71. The van der Waals surface area contributed by atoms with Crippen molar-refractivity contribution in [2.75, 3.05) is 39.5 Å². The number of sulfonamides is 1. The fourth-order valence-electron chi connectivity index (χ4n) is 2.95. The Labute approximate surface area is 138 Å². The Hall–Kier alpha value is -1.60. The largest absolute Gasteiger partial charge is 0.496 e. The lowest BCUT2D eigenvalue weighted by Gasteiger charge is -2.23. The van der Waals surface area contributed by atoms with E-state index in [1.54, 1.807) is 12.0 Å². The van der Waals surface area contributed by atoms with Crippen LogP contribution in [0, 0.1) is 13.8 Å². The van der Waals surface area contributed by atoms with Crippen molar-refractivity contribution in [3.63, 3.8) is 0 Å². The number of methoxy groups -OCH3 is 1. The molecule has 1 aliphatic heterocycles. The highest BCUT2D eigenvalue weighted by molar-refractivity contribution is 7.88. The molecule has 23 heavy (non-hydrogen) atoms. The fraction of sp³-hybridized carbons (Fsp3) is 0.562. The Morgan fingerprint density at radius 2 is 1.83 bits per heavy atom. The quantitative estimate of drug-likeness (QED) is 0.835. The molecule has 1 heterocycles. The molecule has 1 saturated heterocycles. The smallest absolute Gasteiger partial charge is 0.257 e. The van der Waals surface area contributed by atoms with E-state index in [1.807, 2.05) is 26.0 Å². The molecule has 1 aliphatic rings. The lowest BCUT2D eigenvalue weighted by molar-refractivity contribution is 0.0760. The Morgan fingerprint density at radius 1 is 1.13 bits per heavy atom. The van der Waals surface area contributed by atoms with Gasteiger partial charge in [-0.25, -0.2) is 12.7 Å². The van der Waals surface area contributed by atoms with Crippen molar-refractivity contribution in [2.45, 2.75) is 20.3 Å². The van der Waals surface area contributed by atoms with Gasteiger partial charge in [-0.15, -0.1) is 0 Å². The highest BCUT2D eigenvalue weighted by atomic mass is 32.2. The zero-order chi connectivity index (χ0) is 17.2. The number of rotatable bonds is 3. The SMILES string of the molecule is COc1cc(C)cc(C)c1C(=O)N1CCCN(S(C)(=O)=O)CC1. The van der Waals surface area contributed by atoms with Crippen LogP contribution in [0.3, 0.4) is 0 Å². The van der Waals surface area contributed by atoms with Crippen molar-refractivity contribution in [3.8, 4) is 5.75 Å². The van der Waals surface area contributed by atoms with Crippen molar-refractivity contribution in [3.05, 3.63) is 28.8 Å². The van der Waals surface area contributed by atoms with Crippen LogP contribution in [0.2, 0.25) is 0 Å². The Morgan fingerprint density at radius 3 is 2.43 bits per heavy atom. The van der Waals surface area contributed by atoms with Crippen LogP contribution in [-0.2, 0) is 10.0 Å². The molecular weight excluding hydrogens is 316 g/mol. The summed E-state index contributed by atoms with van der Waals surface area (Å²) in [6.45, 7) is 5.57. The van der Waals surface area contributed by atoms with E-state index in [0.29, 0.717) is 43.9 Å². The van der Waals surface area contributed by atoms with Crippen LogP contribution in [0.5, 0.6) is 5.75 Å². The van der Waals surface area contributed by atoms with E-state index in [0.717, 1.165) is 11.1 Å². The third-order valence-electron chi connectivity index (χ3n) is 4.09. The zero-order valence-corrected chi connectivity index (χ0v) is 14.9. The summed E-state index contributed by atoms with van der Waals surface area (Å²) in [5.41, 5.74) is 2.47. The first-order valence-corrected chi connectivity index (χ1v) is 9.48. The maximum absolute atomic E-state index is 12.9. The molecule has 0 spiro atoms. The maximum Gasteiger partial charge on any atom is 0.257 e. The lowest BCUT2D eigenvalue weighted by atomic mass is 10.0. The van der Waals surface area contributed by atoms with Gasteiger partial charge in [-0.2, -0.15) is 0 Å². The van der Waals surface area contributed by atoms with Crippen LogP contribution in [0.4, 0.5) is 0 Å². The molecule has 128 valence electrons. The van der Waals surface area contributed by atoms with Gasteiger partial charge < -0.3 is 9.64 Å². The van der Waals surface area contributed by atoms with Crippen molar-refractivity contribution in [2.24, 2.45) is 0 Å². The van der Waals surface area contributed by atoms with E-state index in [1.165, 1.54) is 10.6 Å². The molecule has 0 radical (unpaired) electrons. The van der Waals surface area contributed by atoms with E-state index in [2.05, 4.69) is 0 Å². The van der Waals surface area contributed by atoms with Gasteiger partial charge in [0.25, 0.3) is 5.91 Å². The Balaban J connectivity index is 2.25. The fourth-order valence-corrected chi connectivity index (χ4v) is 3.82. The number of ether oxygens (including phenoxy) is 1. The molecular formula is C16H24N2O4S. The molecule has 0 atom stereocenters. The van der Waals surface area contributed by atoms with Crippen LogP contribution >= 0.6 is 0 Å². The number of amides is 1. The minimum atomic E-state index is -3.22. The van der Waals surface area contributed by atoms with Crippen molar-refractivity contribution in [1.82, 2.24) is 9.21 Å². The van der Waals surface area contributed by atoms with Gasteiger partial charge in [-0.1, -0.05) is 6.07 Å². The summed E-state index contributed by atoms with van der Waals surface area (Å²) in [6, 6.07) is 3.80. The second-order valence-corrected chi connectivity index (χ2v) is 7.95. The standard InChI is InChI=1S/C16H24N2O4S/c1-12-10-13(2)15(14(11-12)22-3)16(19)17-6-5-7-18(9-8-17)23(4,20)21/h10-11H,5-9H2,1-4H3.